The van der Waals surface area contributed by atoms with Gasteiger partial charge in [0.15, 0.2) is 11.6 Å². The van der Waals surface area contributed by atoms with Gasteiger partial charge in [0, 0.05) is 56.3 Å². The molecule has 1 N–H and O–H groups in total. The van der Waals surface area contributed by atoms with Gasteiger partial charge in [0.2, 0.25) is 0 Å². The van der Waals surface area contributed by atoms with Gasteiger partial charge in [-0.1, -0.05) is 0 Å². The van der Waals surface area contributed by atoms with Gasteiger partial charge in [-0.15, -0.1) is 13.2 Å². The van der Waals surface area contributed by atoms with Gasteiger partial charge in [-0.3, -0.25) is 9.59 Å². The van der Waals surface area contributed by atoms with Crippen LogP contribution in [0, 0.1) is 0 Å². The molecule has 0 spiro atoms. The highest BCUT2D eigenvalue weighted by Gasteiger charge is 2.31. The number of rotatable bonds is 8. The zero-order valence-electron chi connectivity index (χ0n) is 20.2. The summed E-state index contributed by atoms with van der Waals surface area (Å²) in [5.41, 5.74) is 1.23. The summed E-state index contributed by atoms with van der Waals surface area (Å²) in [6.45, 7) is 3.94. The summed E-state index contributed by atoms with van der Waals surface area (Å²) in [5, 5.41) is 10.4. The van der Waals surface area contributed by atoms with Crippen LogP contribution < -0.4 is 9.64 Å². The highest BCUT2D eigenvalue weighted by atomic mass is 19.4. The van der Waals surface area contributed by atoms with Crippen LogP contribution in [-0.2, 0) is 11.3 Å². The molecule has 0 aliphatic carbocycles. The van der Waals surface area contributed by atoms with Crippen molar-refractivity contribution >= 4 is 17.4 Å². The van der Waals surface area contributed by atoms with Gasteiger partial charge in [0.05, 0.1) is 6.42 Å². The molecule has 2 aliphatic heterocycles. The second kappa shape index (κ2) is 11.1. The SMILES string of the molecule is CN1CCN(c2cc(CN3C=C(C(=O)CC(=O)c4ccc(OC(F)(F)F)cc4)C=CC3O)ccn2)CC1. The Labute approximate surface area is 212 Å². The third-order valence-corrected chi connectivity index (χ3v) is 6.15. The van der Waals surface area contributed by atoms with Gasteiger partial charge in [0.1, 0.15) is 17.8 Å². The van der Waals surface area contributed by atoms with Crippen LogP contribution >= 0.6 is 0 Å². The van der Waals surface area contributed by atoms with E-state index in [1.807, 2.05) is 12.1 Å². The number of aliphatic hydroxyl groups excluding tert-OH is 1. The lowest BCUT2D eigenvalue weighted by atomic mass is 10.00. The van der Waals surface area contributed by atoms with Gasteiger partial charge in [-0.2, -0.15) is 0 Å². The van der Waals surface area contributed by atoms with Crippen LogP contribution in [0.1, 0.15) is 22.3 Å². The number of ketones is 2. The topological polar surface area (TPSA) is 86.2 Å². The Morgan fingerprint density at radius 2 is 1.78 bits per heavy atom. The Morgan fingerprint density at radius 1 is 1.08 bits per heavy atom. The Balaban J connectivity index is 1.39. The maximum atomic E-state index is 12.8. The number of nitrogens with zero attached hydrogens (tertiary/aromatic N) is 4. The number of benzene rings is 1. The molecule has 1 saturated heterocycles. The molecule has 3 heterocycles. The summed E-state index contributed by atoms with van der Waals surface area (Å²) in [4.78, 5) is 35.8. The fraction of sp³-hybridized carbons (Fsp3) is 0.346. The third kappa shape index (κ3) is 7.17. The Morgan fingerprint density at radius 3 is 2.46 bits per heavy atom. The minimum Gasteiger partial charge on any atom is -0.406 e. The highest BCUT2D eigenvalue weighted by molar-refractivity contribution is 6.14. The molecule has 2 aliphatic rings. The molecular weight excluding hydrogens is 489 g/mol. The summed E-state index contributed by atoms with van der Waals surface area (Å²) >= 11 is 0. The van der Waals surface area contributed by atoms with Crippen molar-refractivity contribution in [2.45, 2.75) is 25.6 Å². The first-order valence-electron chi connectivity index (χ1n) is 11.7. The van der Waals surface area contributed by atoms with E-state index in [-0.39, 0.29) is 11.1 Å². The second-order valence-corrected chi connectivity index (χ2v) is 8.94. The first-order valence-corrected chi connectivity index (χ1v) is 11.7. The lowest BCUT2D eigenvalue weighted by Gasteiger charge is -2.33. The van der Waals surface area contributed by atoms with E-state index in [2.05, 4.69) is 26.6 Å². The standard InChI is InChI=1S/C26H27F3N4O4/c1-31-10-12-32(13-11-31)24-14-18(8-9-30-24)16-33-17-20(4-7-25(33)36)23(35)15-22(34)19-2-5-21(6-3-19)37-26(27,28)29/h2-9,14,17,25,36H,10-13,15-16H2,1H3. The lowest BCUT2D eigenvalue weighted by Crippen LogP contribution is -2.44. The van der Waals surface area contributed by atoms with E-state index in [1.165, 1.54) is 30.5 Å². The maximum Gasteiger partial charge on any atom is 0.573 e. The largest absolute Gasteiger partial charge is 0.573 e. The lowest BCUT2D eigenvalue weighted by molar-refractivity contribution is -0.274. The number of alkyl halides is 3. The molecule has 1 aromatic heterocycles. The molecule has 1 unspecified atom stereocenters. The Kier molecular flexibility index (Phi) is 7.94. The number of likely N-dealkylation sites (N-methyl/N-ethyl adjacent to an activating group) is 1. The number of hydrogen-bond acceptors (Lipinski definition) is 8. The number of anilines is 1. The number of ether oxygens (including phenoxy) is 1. The predicted octanol–water partition coefficient (Wildman–Crippen LogP) is 3.15. The molecule has 1 aromatic carbocycles. The smallest absolute Gasteiger partial charge is 0.406 e. The predicted molar refractivity (Wildman–Crippen MR) is 130 cm³/mol. The number of pyridine rings is 1. The van der Waals surface area contributed by atoms with Crippen LogP contribution in [0.15, 0.2) is 66.5 Å². The van der Waals surface area contributed by atoms with Crippen molar-refractivity contribution in [2.24, 2.45) is 0 Å². The molecule has 196 valence electrons. The summed E-state index contributed by atoms with van der Waals surface area (Å²) in [7, 11) is 2.08. The molecule has 0 amide bonds. The van der Waals surface area contributed by atoms with Crippen molar-refractivity contribution in [3.63, 3.8) is 0 Å². The molecule has 1 atom stereocenters. The molecule has 1 fully saturated rings. The monoisotopic (exact) mass is 516 g/mol. The molecular formula is C26H27F3N4O4. The number of allylic oxidation sites excluding steroid dienone is 2. The summed E-state index contributed by atoms with van der Waals surface area (Å²) in [5.74, 6) is -0.613. The van der Waals surface area contributed by atoms with E-state index >= 15 is 0 Å². The molecule has 11 heteroatoms. The summed E-state index contributed by atoms with van der Waals surface area (Å²) < 4.78 is 40.7. The summed E-state index contributed by atoms with van der Waals surface area (Å²) in [6.07, 6.45) is -0.107. The second-order valence-electron chi connectivity index (χ2n) is 8.94. The molecule has 37 heavy (non-hydrogen) atoms. The van der Waals surface area contributed by atoms with Crippen molar-refractivity contribution in [3.05, 3.63) is 77.6 Å². The highest BCUT2D eigenvalue weighted by Crippen LogP contribution is 2.24. The molecule has 0 saturated carbocycles. The molecule has 0 radical (unpaired) electrons. The van der Waals surface area contributed by atoms with E-state index in [9.17, 15) is 27.9 Å². The van der Waals surface area contributed by atoms with Gasteiger partial charge in [-0.25, -0.2) is 4.98 Å². The van der Waals surface area contributed by atoms with Crippen molar-refractivity contribution < 1.29 is 32.6 Å². The number of aromatic nitrogens is 1. The van der Waals surface area contributed by atoms with Crippen LogP contribution in [0.4, 0.5) is 19.0 Å². The van der Waals surface area contributed by atoms with Crippen LogP contribution in [0.5, 0.6) is 5.75 Å². The van der Waals surface area contributed by atoms with Gasteiger partial charge < -0.3 is 24.5 Å². The van der Waals surface area contributed by atoms with E-state index < -0.39 is 36.3 Å². The number of carbonyl (C=O) groups excluding carboxylic acids is 2. The van der Waals surface area contributed by atoms with Crippen molar-refractivity contribution in [1.29, 1.82) is 0 Å². The van der Waals surface area contributed by atoms with Crippen LogP contribution in [0.3, 0.4) is 0 Å². The number of halogens is 3. The minimum absolute atomic E-state index is 0.0911. The van der Waals surface area contributed by atoms with Crippen LogP contribution in [0.25, 0.3) is 0 Å². The van der Waals surface area contributed by atoms with E-state index in [0.717, 1.165) is 49.7 Å². The average molecular weight is 517 g/mol. The van der Waals surface area contributed by atoms with Crippen LogP contribution in [-0.4, -0.2) is 77.3 Å². The third-order valence-electron chi connectivity index (χ3n) is 6.15. The number of Topliss-reactive ketones (excluding diaryl/α,β-unsaturated/α-hetero) is 2. The van der Waals surface area contributed by atoms with Crippen LogP contribution in [0.2, 0.25) is 0 Å². The molecule has 8 nitrogen and oxygen atoms in total. The number of hydrogen-bond donors (Lipinski definition) is 1. The quantitative estimate of drug-likeness (QED) is 0.423. The maximum absolute atomic E-state index is 12.8. The molecule has 0 bridgehead atoms. The van der Waals surface area contributed by atoms with E-state index in [1.54, 1.807) is 11.1 Å². The minimum atomic E-state index is -4.83. The van der Waals surface area contributed by atoms with Crippen molar-refractivity contribution in [2.75, 3.05) is 38.1 Å². The Hall–Kier alpha value is -3.70. The van der Waals surface area contributed by atoms with Crippen molar-refractivity contribution in [3.8, 4) is 5.75 Å². The Bertz CT molecular complexity index is 1190. The normalized spacial score (nSPS) is 18.5. The fourth-order valence-corrected chi connectivity index (χ4v) is 4.07. The zero-order valence-corrected chi connectivity index (χ0v) is 20.2. The van der Waals surface area contributed by atoms with Gasteiger partial charge in [0.25, 0.3) is 0 Å². The number of aliphatic hydroxyl groups is 1. The summed E-state index contributed by atoms with van der Waals surface area (Å²) in [6, 6.07) is 8.21. The first kappa shape index (κ1) is 26.4. The average Bonchev–Trinajstić information content (AvgIpc) is 2.85. The zero-order chi connectivity index (χ0) is 26.6. The van der Waals surface area contributed by atoms with Gasteiger partial charge >= 0.3 is 6.36 Å². The van der Waals surface area contributed by atoms with Crippen molar-refractivity contribution in [1.82, 2.24) is 14.8 Å². The first-order chi connectivity index (χ1) is 17.6. The van der Waals surface area contributed by atoms with Gasteiger partial charge in [-0.05, 0) is 61.2 Å². The molecule has 4 rings (SSSR count). The number of piperazine rings is 1. The van der Waals surface area contributed by atoms with E-state index in [4.69, 9.17) is 0 Å². The fourth-order valence-electron chi connectivity index (χ4n) is 4.07. The molecule has 2 aromatic rings. The van der Waals surface area contributed by atoms with E-state index in [0.29, 0.717) is 6.54 Å². The number of carbonyl (C=O) groups is 2.